The van der Waals surface area contributed by atoms with E-state index < -0.39 is 0 Å². The summed E-state index contributed by atoms with van der Waals surface area (Å²) in [6.07, 6.45) is 9.63. The molecule has 0 aliphatic heterocycles. The van der Waals surface area contributed by atoms with Crippen molar-refractivity contribution in [3.05, 3.63) is 159 Å². The molecule has 2 aromatic carbocycles. The Morgan fingerprint density at radius 3 is 2.13 bits per heavy atom. The number of pyridine rings is 3. The second-order valence-corrected chi connectivity index (χ2v) is 12.0. The molecular formula is C38H26FN9O4. The van der Waals surface area contributed by atoms with Crippen LogP contribution < -0.4 is 11.1 Å². The summed E-state index contributed by atoms with van der Waals surface area (Å²) in [6.45, 7) is 2.40. The van der Waals surface area contributed by atoms with Crippen LogP contribution in [0.3, 0.4) is 0 Å². The highest BCUT2D eigenvalue weighted by Gasteiger charge is 2.19. The zero-order valence-electron chi connectivity index (χ0n) is 27.4. The summed E-state index contributed by atoms with van der Waals surface area (Å²) >= 11 is 0. The molecule has 0 aliphatic rings. The molecule has 0 atom stereocenters. The van der Waals surface area contributed by atoms with Gasteiger partial charge < -0.3 is 18.2 Å². The zero-order valence-corrected chi connectivity index (χ0v) is 27.4. The van der Waals surface area contributed by atoms with E-state index in [9.17, 15) is 14.0 Å². The average molecular weight is 692 g/mol. The minimum Gasteiger partial charge on any atom is -0.334 e. The van der Waals surface area contributed by atoms with Crippen molar-refractivity contribution in [1.82, 2.24) is 44.4 Å². The van der Waals surface area contributed by atoms with Gasteiger partial charge in [0.2, 0.25) is 11.6 Å². The Morgan fingerprint density at radius 2 is 1.37 bits per heavy atom. The quantitative estimate of drug-likeness (QED) is 0.179. The van der Waals surface area contributed by atoms with Gasteiger partial charge in [-0.3, -0.25) is 14.6 Å². The fourth-order valence-corrected chi connectivity index (χ4v) is 5.63. The third-order valence-electron chi connectivity index (χ3n) is 8.24. The summed E-state index contributed by atoms with van der Waals surface area (Å²) < 4.78 is 27.6. The molecule has 0 saturated heterocycles. The maximum absolute atomic E-state index is 13.4. The molecule has 13 nitrogen and oxygen atoms in total. The van der Waals surface area contributed by atoms with Crippen molar-refractivity contribution in [3.8, 4) is 56.9 Å². The van der Waals surface area contributed by atoms with E-state index in [0.29, 0.717) is 39.6 Å². The van der Waals surface area contributed by atoms with Crippen molar-refractivity contribution in [1.29, 1.82) is 0 Å². The first-order valence-electron chi connectivity index (χ1n) is 16.0. The Morgan fingerprint density at radius 1 is 0.654 bits per heavy atom. The molecule has 14 heteroatoms. The normalized spacial score (nSPS) is 11.2. The van der Waals surface area contributed by atoms with Crippen molar-refractivity contribution >= 4 is 0 Å². The van der Waals surface area contributed by atoms with E-state index in [1.165, 1.54) is 39.7 Å². The van der Waals surface area contributed by atoms with Gasteiger partial charge in [-0.05, 0) is 55.0 Å². The van der Waals surface area contributed by atoms with Crippen LogP contribution >= 0.6 is 0 Å². The lowest BCUT2D eigenvalue weighted by atomic mass is 10.0. The van der Waals surface area contributed by atoms with Crippen molar-refractivity contribution in [3.63, 3.8) is 0 Å². The summed E-state index contributed by atoms with van der Waals surface area (Å²) in [5.41, 5.74) is 5.38. The molecule has 0 radical (unpaired) electrons. The standard InChI is InChI=1S/C38H26FN9O4/c1-23-3-2-4-27(13-23)36-44-38(52-46-36)31-21-48(19-25-15-40-22-41-16-25)34(50)14-30(31)32-11-5-24(17-42-32)18-47-20-28(8-12-33(47)49)37-43-35(45-51-37)26-6-9-29(39)10-7-26/h2-17,20-22H,18-19H2,1H3. The number of aromatic nitrogens is 9. The highest BCUT2D eigenvalue weighted by molar-refractivity contribution is 5.78. The minimum absolute atomic E-state index is 0.190. The average Bonchev–Trinajstić information content (AvgIpc) is 3.86. The second-order valence-electron chi connectivity index (χ2n) is 12.0. The number of benzene rings is 2. The lowest BCUT2D eigenvalue weighted by Gasteiger charge is -2.12. The zero-order chi connectivity index (χ0) is 35.6. The van der Waals surface area contributed by atoms with E-state index >= 15 is 0 Å². The lowest BCUT2D eigenvalue weighted by Crippen LogP contribution is -2.20. The van der Waals surface area contributed by atoms with Crippen molar-refractivity contribution in [2.75, 3.05) is 0 Å². The number of nitrogens with zero attached hydrogens (tertiary/aromatic N) is 9. The van der Waals surface area contributed by atoms with Gasteiger partial charge in [-0.15, -0.1) is 0 Å². The SMILES string of the molecule is Cc1cccc(-c2noc(-c3cn(Cc4cncnc4)c(=O)cc3-c3ccc(Cn4cc(-c5nc(-c6ccc(F)cc6)no5)ccc4=O)cn3)n2)c1. The molecule has 0 N–H and O–H groups in total. The van der Waals surface area contributed by atoms with Crippen molar-refractivity contribution in [2.45, 2.75) is 20.0 Å². The van der Waals surface area contributed by atoms with Crippen LogP contribution in [0, 0.1) is 12.7 Å². The Labute approximate surface area is 293 Å². The summed E-state index contributed by atoms with van der Waals surface area (Å²) in [4.78, 5) is 48.2. The summed E-state index contributed by atoms with van der Waals surface area (Å²) in [6, 6.07) is 21.6. The Kier molecular flexibility index (Phi) is 8.37. The highest BCUT2D eigenvalue weighted by Crippen LogP contribution is 2.31. The summed E-state index contributed by atoms with van der Waals surface area (Å²) in [7, 11) is 0. The Hall–Kier alpha value is -7.22. The highest BCUT2D eigenvalue weighted by atomic mass is 19.1. The van der Waals surface area contributed by atoms with Crippen molar-refractivity contribution in [2.24, 2.45) is 0 Å². The first kappa shape index (κ1) is 32.0. The molecule has 8 aromatic rings. The lowest BCUT2D eigenvalue weighted by molar-refractivity contribution is 0.431. The first-order valence-corrected chi connectivity index (χ1v) is 16.0. The Bertz CT molecular complexity index is 2650. The van der Waals surface area contributed by atoms with Gasteiger partial charge >= 0.3 is 0 Å². The molecule has 6 heterocycles. The van der Waals surface area contributed by atoms with E-state index in [-0.39, 0.29) is 41.8 Å². The molecule has 0 amide bonds. The van der Waals surface area contributed by atoms with E-state index in [4.69, 9.17) is 9.05 Å². The monoisotopic (exact) mass is 691 g/mol. The predicted octanol–water partition coefficient (Wildman–Crippen LogP) is 5.84. The van der Waals surface area contributed by atoms with Crippen LogP contribution in [0.2, 0.25) is 0 Å². The second kappa shape index (κ2) is 13.6. The van der Waals surface area contributed by atoms with Crippen LogP contribution in [0.4, 0.5) is 4.39 Å². The minimum atomic E-state index is -0.372. The molecule has 0 aliphatic carbocycles. The number of aryl methyl sites for hydroxylation is 1. The molecule has 0 bridgehead atoms. The third-order valence-corrected chi connectivity index (χ3v) is 8.24. The van der Waals surface area contributed by atoms with Gasteiger partial charge in [0.15, 0.2) is 0 Å². The predicted molar refractivity (Wildman–Crippen MR) is 187 cm³/mol. The molecule has 0 fully saturated rings. The van der Waals surface area contributed by atoms with Gasteiger partial charge in [0.1, 0.15) is 12.1 Å². The van der Waals surface area contributed by atoms with E-state index in [0.717, 1.165) is 22.3 Å². The fourth-order valence-electron chi connectivity index (χ4n) is 5.63. The molecule has 254 valence electrons. The fraction of sp³-hybridized carbons (Fsp3) is 0.0789. The Balaban J connectivity index is 1.10. The van der Waals surface area contributed by atoms with Crippen molar-refractivity contribution < 1.29 is 13.4 Å². The number of halogens is 1. The van der Waals surface area contributed by atoms with Crippen LogP contribution in [-0.2, 0) is 13.1 Å². The van der Waals surface area contributed by atoms with Crippen LogP contribution in [0.5, 0.6) is 0 Å². The van der Waals surface area contributed by atoms with Crippen LogP contribution in [0.15, 0.2) is 135 Å². The number of hydrogen-bond acceptors (Lipinski definition) is 11. The maximum Gasteiger partial charge on any atom is 0.260 e. The topological polar surface area (TPSA) is 161 Å². The smallest absolute Gasteiger partial charge is 0.260 e. The van der Waals surface area contributed by atoms with Gasteiger partial charge in [0.05, 0.1) is 29.9 Å². The molecule has 8 rings (SSSR count). The number of hydrogen-bond donors (Lipinski definition) is 0. The van der Waals surface area contributed by atoms with E-state index in [1.807, 2.05) is 37.3 Å². The van der Waals surface area contributed by atoms with Gasteiger partial charge in [0.25, 0.3) is 22.9 Å². The third kappa shape index (κ3) is 6.67. The molecule has 0 spiro atoms. The van der Waals surface area contributed by atoms with Crippen LogP contribution in [-0.4, -0.2) is 44.4 Å². The van der Waals surface area contributed by atoms with Gasteiger partial charge in [-0.2, -0.15) is 9.97 Å². The van der Waals surface area contributed by atoms with Gasteiger partial charge in [-0.1, -0.05) is 40.1 Å². The van der Waals surface area contributed by atoms with E-state index in [1.54, 1.807) is 55.2 Å². The first-order chi connectivity index (χ1) is 25.4. The molecular weight excluding hydrogens is 665 g/mol. The summed E-state index contributed by atoms with van der Waals surface area (Å²) in [5.74, 6) is 0.740. The largest absolute Gasteiger partial charge is 0.334 e. The van der Waals surface area contributed by atoms with Crippen LogP contribution in [0.25, 0.3) is 56.9 Å². The molecule has 0 saturated carbocycles. The molecule has 6 aromatic heterocycles. The number of rotatable bonds is 9. The molecule has 52 heavy (non-hydrogen) atoms. The molecule has 0 unspecified atom stereocenters. The van der Waals surface area contributed by atoms with Gasteiger partial charge in [-0.25, -0.2) is 14.4 Å². The maximum atomic E-state index is 13.4. The van der Waals surface area contributed by atoms with Gasteiger partial charge in [0, 0.05) is 65.4 Å². The van der Waals surface area contributed by atoms with E-state index in [2.05, 4.69) is 35.2 Å². The summed E-state index contributed by atoms with van der Waals surface area (Å²) in [5, 5.41) is 8.22. The van der Waals surface area contributed by atoms with Crippen LogP contribution in [0.1, 0.15) is 16.7 Å².